The van der Waals surface area contributed by atoms with Crippen molar-refractivity contribution in [2.24, 2.45) is 0 Å². The van der Waals surface area contributed by atoms with Gasteiger partial charge in [-0.3, -0.25) is 14.4 Å². The zero-order valence-electron chi connectivity index (χ0n) is 14.5. The van der Waals surface area contributed by atoms with Crippen molar-refractivity contribution in [3.05, 3.63) is 36.0 Å². The summed E-state index contributed by atoms with van der Waals surface area (Å²) in [6.07, 6.45) is 1.85. The number of esters is 1. The summed E-state index contributed by atoms with van der Waals surface area (Å²) in [7, 11) is 0. The molecule has 0 aliphatic carbocycles. The molecule has 0 saturated carbocycles. The zero-order chi connectivity index (χ0) is 18.2. The van der Waals surface area contributed by atoms with Crippen molar-refractivity contribution in [1.29, 1.82) is 0 Å². The highest BCUT2D eigenvalue weighted by atomic mass is 16.5. The number of aromatic amines is 1. The van der Waals surface area contributed by atoms with Crippen molar-refractivity contribution >= 4 is 28.7 Å². The lowest BCUT2D eigenvalue weighted by Gasteiger charge is -2.20. The summed E-state index contributed by atoms with van der Waals surface area (Å²) < 4.78 is 5.07. The number of fused-ring (bicyclic) bond motifs is 1. The summed E-state index contributed by atoms with van der Waals surface area (Å²) in [4.78, 5) is 40.1. The van der Waals surface area contributed by atoms with Crippen LogP contribution in [-0.2, 0) is 25.5 Å². The number of aromatic nitrogens is 1. The molecule has 2 amide bonds. The lowest BCUT2D eigenvalue weighted by atomic mass is 10.1. The Kier molecular flexibility index (Phi) is 6.56. The smallest absolute Gasteiger partial charge is 0.310 e. The molecule has 0 atom stereocenters. The molecule has 0 aliphatic heterocycles. The maximum Gasteiger partial charge on any atom is 0.310 e. The predicted octanol–water partition coefficient (Wildman–Crippen LogP) is 1.24. The van der Waals surface area contributed by atoms with E-state index in [-0.39, 0.29) is 31.4 Å². The number of nitrogens with one attached hydrogen (secondary N) is 2. The zero-order valence-corrected chi connectivity index (χ0v) is 14.5. The number of ether oxygens (including phenoxy) is 1. The van der Waals surface area contributed by atoms with Crippen LogP contribution < -0.4 is 5.32 Å². The number of H-pyrrole nitrogens is 1. The molecule has 134 valence electrons. The molecule has 1 aromatic carbocycles. The SMILES string of the molecule is CCNC(=O)CN(CC)C(=O)COC(=O)Cc1c[nH]c2ccccc12. The summed E-state index contributed by atoms with van der Waals surface area (Å²) in [5.74, 6) is -1.10. The maximum absolute atomic E-state index is 12.1. The van der Waals surface area contributed by atoms with Gasteiger partial charge in [0.2, 0.25) is 5.91 Å². The first-order valence-corrected chi connectivity index (χ1v) is 8.30. The summed E-state index contributed by atoms with van der Waals surface area (Å²) in [6.45, 7) is 4.05. The van der Waals surface area contributed by atoms with Crippen molar-refractivity contribution in [2.75, 3.05) is 26.2 Å². The second-order valence-corrected chi connectivity index (χ2v) is 5.56. The highest BCUT2D eigenvalue weighted by Crippen LogP contribution is 2.18. The van der Waals surface area contributed by atoms with E-state index in [1.54, 1.807) is 13.1 Å². The number of amides is 2. The molecule has 0 unspecified atom stereocenters. The van der Waals surface area contributed by atoms with Gasteiger partial charge in [-0.1, -0.05) is 18.2 Å². The Morgan fingerprint density at radius 3 is 2.68 bits per heavy atom. The lowest BCUT2D eigenvalue weighted by molar-refractivity contribution is -0.152. The van der Waals surface area contributed by atoms with Crippen molar-refractivity contribution < 1.29 is 19.1 Å². The van der Waals surface area contributed by atoms with Gasteiger partial charge < -0.3 is 19.9 Å². The summed E-state index contributed by atoms with van der Waals surface area (Å²) >= 11 is 0. The second-order valence-electron chi connectivity index (χ2n) is 5.56. The number of nitrogens with zero attached hydrogens (tertiary/aromatic N) is 1. The van der Waals surface area contributed by atoms with Crippen LogP contribution in [0, 0.1) is 0 Å². The van der Waals surface area contributed by atoms with Crippen molar-refractivity contribution in [3.63, 3.8) is 0 Å². The second kappa shape index (κ2) is 8.86. The highest BCUT2D eigenvalue weighted by molar-refractivity contribution is 5.89. The van der Waals surface area contributed by atoms with Gasteiger partial charge in [0.15, 0.2) is 6.61 Å². The predicted molar refractivity (Wildman–Crippen MR) is 93.9 cm³/mol. The van der Waals surface area contributed by atoms with Gasteiger partial charge in [0.1, 0.15) is 0 Å². The highest BCUT2D eigenvalue weighted by Gasteiger charge is 2.17. The fourth-order valence-electron chi connectivity index (χ4n) is 2.52. The summed E-state index contributed by atoms with van der Waals surface area (Å²) in [6, 6.07) is 7.65. The summed E-state index contributed by atoms with van der Waals surface area (Å²) in [5.41, 5.74) is 1.77. The molecule has 25 heavy (non-hydrogen) atoms. The number of rotatable bonds is 8. The molecule has 0 spiro atoms. The molecule has 0 aliphatic rings. The number of likely N-dealkylation sites (N-methyl/N-ethyl adjacent to an activating group) is 2. The standard InChI is InChI=1S/C18H23N3O4/c1-3-19-16(22)11-21(4-2)17(23)12-25-18(24)9-13-10-20-15-8-6-5-7-14(13)15/h5-8,10,20H,3-4,9,11-12H2,1-2H3,(H,19,22). The number of hydrogen-bond acceptors (Lipinski definition) is 4. The van der Waals surface area contributed by atoms with Crippen LogP contribution in [-0.4, -0.2) is 53.9 Å². The van der Waals surface area contributed by atoms with E-state index in [9.17, 15) is 14.4 Å². The van der Waals surface area contributed by atoms with Gasteiger partial charge in [0, 0.05) is 30.2 Å². The van der Waals surface area contributed by atoms with Crippen LogP contribution in [0.3, 0.4) is 0 Å². The Hall–Kier alpha value is -2.83. The van der Waals surface area contributed by atoms with Gasteiger partial charge in [-0.15, -0.1) is 0 Å². The molecule has 0 bridgehead atoms. The van der Waals surface area contributed by atoms with E-state index in [0.29, 0.717) is 13.1 Å². The molecular weight excluding hydrogens is 322 g/mol. The largest absolute Gasteiger partial charge is 0.455 e. The number of carbonyl (C=O) groups is 3. The fraction of sp³-hybridized carbons (Fsp3) is 0.389. The van der Waals surface area contributed by atoms with Gasteiger partial charge in [-0.05, 0) is 25.5 Å². The third kappa shape index (κ3) is 5.07. The Labute approximate surface area is 146 Å². The first-order chi connectivity index (χ1) is 12.0. The molecule has 7 heteroatoms. The molecule has 0 radical (unpaired) electrons. The van der Waals surface area contributed by atoms with Crippen LogP contribution in [0.4, 0.5) is 0 Å². The molecule has 0 saturated heterocycles. The van der Waals surface area contributed by atoms with Gasteiger partial charge in [-0.2, -0.15) is 0 Å². The monoisotopic (exact) mass is 345 g/mol. The minimum absolute atomic E-state index is 0.0385. The van der Waals surface area contributed by atoms with E-state index in [0.717, 1.165) is 16.5 Å². The van der Waals surface area contributed by atoms with Crippen molar-refractivity contribution in [3.8, 4) is 0 Å². The Bertz CT molecular complexity index is 754. The number of carbonyl (C=O) groups excluding carboxylic acids is 3. The maximum atomic E-state index is 12.1. The van der Waals surface area contributed by atoms with E-state index in [2.05, 4.69) is 10.3 Å². The van der Waals surface area contributed by atoms with Crippen LogP contribution in [0.25, 0.3) is 10.9 Å². The first kappa shape index (κ1) is 18.5. The van der Waals surface area contributed by atoms with Crippen LogP contribution in [0.1, 0.15) is 19.4 Å². The minimum Gasteiger partial charge on any atom is -0.455 e. The van der Waals surface area contributed by atoms with E-state index in [4.69, 9.17) is 4.74 Å². The van der Waals surface area contributed by atoms with Gasteiger partial charge in [0.25, 0.3) is 5.91 Å². The Morgan fingerprint density at radius 1 is 1.20 bits per heavy atom. The average Bonchev–Trinajstić information content (AvgIpc) is 3.01. The molecule has 1 aromatic heterocycles. The average molecular weight is 345 g/mol. The quantitative estimate of drug-likeness (QED) is 0.704. The van der Waals surface area contributed by atoms with Gasteiger partial charge in [0.05, 0.1) is 13.0 Å². The van der Waals surface area contributed by atoms with E-state index < -0.39 is 5.97 Å². The van der Waals surface area contributed by atoms with Crippen LogP contribution in [0.15, 0.2) is 30.5 Å². The molecule has 0 fully saturated rings. The Morgan fingerprint density at radius 2 is 1.96 bits per heavy atom. The van der Waals surface area contributed by atoms with E-state index in [1.165, 1.54) is 4.90 Å². The van der Waals surface area contributed by atoms with Crippen molar-refractivity contribution in [2.45, 2.75) is 20.3 Å². The molecule has 1 heterocycles. The minimum atomic E-state index is -0.479. The number of para-hydroxylation sites is 1. The molecule has 2 rings (SSSR count). The third-order valence-corrected chi connectivity index (χ3v) is 3.81. The van der Waals surface area contributed by atoms with E-state index in [1.807, 2.05) is 31.2 Å². The molecular formula is C18H23N3O4. The third-order valence-electron chi connectivity index (χ3n) is 3.81. The first-order valence-electron chi connectivity index (χ1n) is 8.30. The van der Waals surface area contributed by atoms with Crippen LogP contribution in [0.2, 0.25) is 0 Å². The van der Waals surface area contributed by atoms with Gasteiger partial charge in [-0.25, -0.2) is 0 Å². The van der Waals surface area contributed by atoms with Gasteiger partial charge >= 0.3 is 5.97 Å². The van der Waals surface area contributed by atoms with Crippen molar-refractivity contribution in [1.82, 2.24) is 15.2 Å². The van der Waals surface area contributed by atoms with Crippen LogP contribution in [0.5, 0.6) is 0 Å². The Balaban J connectivity index is 1.86. The summed E-state index contributed by atoms with van der Waals surface area (Å²) in [5, 5.41) is 3.59. The molecule has 2 aromatic rings. The normalized spacial score (nSPS) is 10.5. The number of hydrogen-bond donors (Lipinski definition) is 2. The molecule has 7 nitrogen and oxygen atoms in total. The lowest BCUT2D eigenvalue weighted by Crippen LogP contribution is -2.42. The van der Waals surface area contributed by atoms with E-state index >= 15 is 0 Å². The number of benzene rings is 1. The van der Waals surface area contributed by atoms with Crippen LogP contribution >= 0.6 is 0 Å². The fourth-order valence-corrected chi connectivity index (χ4v) is 2.52. The topological polar surface area (TPSA) is 91.5 Å². The molecule has 2 N–H and O–H groups in total.